The molecular formula is C10H9BrFN3S. The maximum Gasteiger partial charge on any atom is 0.187 e. The fraction of sp³-hybridized carbons (Fsp3) is 0.100. The molecule has 16 heavy (non-hydrogen) atoms. The normalized spacial score (nSPS) is 10.4. The molecule has 3 N–H and O–H groups in total. The van der Waals surface area contributed by atoms with Crippen LogP contribution in [0.1, 0.15) is 4.88 Å². The zero-order valence-electron chi connectivity index (χ0n) is 8.21. The highest BCUT2D eigenvalue weighted by atomic mass is 79.9. The van der Waals surface area contributed by atoms with E-state index in [2.05, 4.69) is 26.2 Å². The average Bonchev–Trinajstić information content (AvgIpc) is 2.71. The number of benzene rings is 1. The van der Waals surface area contributed by atoms with Crippen LogP contribution in [0.25, 0.3) is 0 Å². The smallest absolute Gasteiger partial charge is 0.187 e. The highest BCUT2D eigenvalue weighted by Crippen LogP contribution is 2.26. The summed E-state index contributed by atoms with van der Waals surface area (Å²) in [7, 11) is 0. The summed E-state index contributed by atoms with van der Waals surface area (Å²) in [6, 6.07) is 4.70. The van der Waals surface area contributed by atoms with Gasteiger partial charge in [-0.3, -0.25) is 0 Å². The third kappa shape index (κ3) is 2.58. The highest BCUT2D eigenvalue weighted by Gasteiger charge is 2.05. The van der Waals surface area contributed by atoms with E-state index in [1.54, 1.807) is 18.3 Å². The van der Waals surface area contributed by atoms with Crippen molar-refractivity contribution in [3.05, 3.63) is 39.6 Å². The van der Waals surface area contributed by atoms with Crippen molar-refractivity contribution in [3.63, 3.8) is 0 Å². The van der Waals surface area contributed by atoms with Crippen molar-refractivity contribution in [2.45, 2.75) is 6.54 Å². The van der Waals surface area contributed by atoms with Crippen LogP contribution in [0, 0.1) is 5.82 Å². The number of nitrogens with one attached hydrogen (secondary N) is 1. The minimum atomic E-state index is -0.312. The van der Waals surface area contributed by atoms with E-state index >= 15 is 0 Å². The molecule has 1 aromatic carbocycles. The van der Waals surface area contributed by atoms with E-state index in [1.165, 1.54) is 17.4 Å². The molecule has 0 saturated heterocycles. The number of thiazole rings is 1. The van der Waals surface area contributed by atoms with Gasteiger partial charge >= 0.3 is 0 Å². The van der Waals surface area contributed by atoms with Crippen LogP contribution in [0.4, 0.5) is 15.2 Å². The third-order valence-corrected chi connectivity index (χ3v) is 3.35. The fourth-order valence-corrected chi connectivity index (χ4v) is 2.23. The molecule has 3 nitrogen and oxygen atoms in total. The van der Waals surface area contributed by atoms with Crippen LogP contribution in [0.3, 0.4) is 0 Å². The van der Waals surface area contributed by atoms with Gasteiger partial charge < -0.3 is 11.1 Å². The number of nitrogens with two attached hydrogens (primary N) is 1. The van der Waals surface area contributed by atoms with Gasteiger partial charge in [0.1, 0.15) is 5.82 Å². The van der Waals surface area contributed by atoms with E-state index < -0.39 is 0 Å². The van der Waals surface area contributed by atoms with Crippen molar-refractivity contribution in [3.8, 4) is 0 Å². The van der Waals surface area contributed by atoms with Crippen LogP contribution in [0.5, 0.6) is 0 Å². The van der Waals surface area contributed by atoms with Gasteiger partial charge in [0.25, 0.3) is 0 Å². The lowest BCUT2D eigenvalue weighted by molar-refractivity contribution is 0.631. The summed E-state index contributed by atoms with van der Waals surface area (Å²) in [6.45, 7) is 0.445. The molecule has 0 unspecified atom stereocenters. The number of nitrogens with zero attached hydrogens (tertiary/aromatic N) is 1. The minimum absolute atomic E-state index is 0.312. The Morgan fingerprint density at radius 2 is 2.31 bits per heavy atom. The molecule has 0 fully saturated rings. The Morgan fingerprint density at radius 3 is 3.00 bits per heavy atom. The second kappa shape index (κ2) is 4.90. The summed E-state index contributed by atoms with van der Waals surface area (Å²) in [5.74, 6) is -0.312. The van der Waals surface area contributed by atoms with E-state index in [0.29, 0.717) is 17.4 Å². The molecule has 0 amide bonds. The average molecular weight is 302 g/mol. The van der Waals surface area contributed by atoms with Gasteiger partial charge in [-0.25, -0.2) is 9.37 Å². The Balaban J connectivity index is 2.22. The van der Waals surface area contributed by atoms with Gasteiger partial charge in [0, 0.05) is 22.1 Å². The van der Waals surface area contributed by atoms with Crippen LogP contribution >= 0.6 is 27.3 Å². The maximum absolute atomic E-state index is 13.4. The highest BCUT2D eigenvalue weighted by molar-refractivity contribution is 9.10. The predicted octanol–water partition coefficient (Wildman–Crippen LogP) is 3.25. The molecule has 0 radical (unpaired) electrons. The zero-order valence-corrected chi connectivity index (χ0v) is 10.6. The summed E-state index contributed by atoms with van der Waals surface area (Å²) < 4.78 is 14.2. The number of rotatable bonds is 3. The second-order valence-electron chi connectivity index (χ2n) is 3.09. The van der Waals surface area contributed by atoms with Crippen LogP contribution in [-0.2, 0) is 6.54 Å². The molecule has 0 aliphatic heterocycles. The molecule has 84 valence electrons. The molecule has 1 heterocycles. The molecule has 2 aromatic rings. The number of anilines is 2. The monoisotopic (exact) mass is 301 g/mol. The van der Waals surface area contributed by atoms with Crippen molar-refractivity contribution < 1.29 is 4.39 Å². The van der Waals surface area contributed by atoms with Crippen molar-refractivity contribution >= 4 is 38.1 Å². The van der Waals surface area contributed by atoms with Gasteiger partial charge in [-0.2, -0.15) is 0 Å². The largest absolute Gasteiger partial charge is 0.329 e. The van der Waals surface area contributed by atoms with Gasteiger partial charge in [0.15, 0.2) is 5.13 Å². The molecule has 0 aliphatic carbocycles. The van der Waals surface area contributed by atoms with E-state index in [-0.39, 0.29) is 5.82 Å². The summed E-state index contributed by atoms with van der Waals surface area (Å²) >= 11 is 4.70. The Labute approximate surface area is 105 Å². The lowest BCUT2D eigenvalue weighted by Gasteiger charge is -2.04. The van der Waals surface area contributed by atoms with E-state index in [0.717, 1.165) is 9.35 Å². The minimum Gasteiger partial charge on any atom is -0.329 e. The number of hydrogen-bond donors (Lipinski definition) is 2. The van der Waals surface area contributed by atoms with E-state index in [4.69, 9.17) is 5.73 Å². The quantitative estimate of drug-likeness (QED) is 0.915. The first-order chi connectivity index (χ1) is 7.69. The van der Waals surface area contributed by atoms with Crippen LogP contribution in [0.15, 0.2) is 28.9 Å². The van der Waals surface area contributed by atoms with Crippen LogP contribution in [0.2, 0.25) is 0 Å². The Bertz CT molecular complexity index is 501. The maximum atomic E-state index is 13.4. The van der Waals surface area contributed by atoms with Gasteiger partial charge in [0.05, 0.1) is 5.69 Å². The van der Waals surface area contributed by atoms with Gasteiger partial charge in [-0.15, -0.1) is 11.3 Å². The van der Waals surface area contributed by atoms with Crippen LogP contribution < -0.4 is 11.1 Å². The molecule has 2 rings (SSSR count). The lowest BCUT2D eigenvalue weighted by atomic mass is 10.3. The molecular weight excluding hydrogens is 293 g/mol. The molecule has 0 aliphatic rings. The Kier molecular flexibility index (Phi) is 3.52. The Hall–Kier alpha value is -0.980. The first-order valence-corrected chi connectivity index (χ1v) is 6.17. The van der Waals surface area contributed by atoms with E-state index in [9.17, 15) is 4.39 Å². The molecule has 0 saturated carbocycles. The van der Waals surface area contributed by atoms with Crippen molar-refractivity contribution in [2.24, 2.45) is 5.73 Å². The number of aromatic nitrogens is 1. The topological polar surface area (TPSA) is 50.9 Å². The summed E-state index contributed by atoms with van der Waals surface area (Å²) in [5.41, 5.74) is 5.87. The standard InChI is InChI=1S/C10H9BrFN3S/c11-6-1-2-8(12)9(3-6)15-10-14-5-7(4-13)16-10/h1-3,5H,4,13H2,(H,14,15). The first kappa shape index (κ1) is 11.5. The summed E-state index contributed by atoms with van der Waals surface area (Å²) in [5, 5.41) is 3.55. The van der Waals surface area contributed by atoms with Gasteiger partial charge in [-0.05, 0) is 18.2 Å². The lowest BCUT2D eigenvalue weighted by Crippen LogP contribution is -1.92. The fourth-order valence-electron chi connectivity index (χ4n) is 1.17. The van der Waals surface area contributed by atoms with Crippen molar-refractivity contribution in [1.82, 2.24) is 4.98 Å². The molecule has 0 atom stereocenters. The summed E-state index contributed by atoms with van der Waals surface area (Å²) in [6.07, 6.45) is 1.68. The first-order valence-electron chi connectivity index (χ1n) is 4.56. The molecule has 1 aromatic heterocycles. The predicted molar refractivity (Wildman–Crippen MR) is 67.4 cm³/mol. The number of halogens is 2. The molecule has 6 heteroatoms. The van der Waals surface area contributed by atoms with Crippen molar-refractivity contribution in [1.29, 1.82) is 0 Å². The molecule has 0 spiro atoms. The summed E-state index contributed by atoms with van der Waals surface area (Å²) in [4.78, 5) is 5.05. The van der Waals surface area contributed by atoms with Gasteiger partial charge in [0.2, 0.25) is 0 Å². The van der Waals surface area contributed by atoms with Crippen molar-refractivity contribution in [2.75, 3.05) is 5.32 Å². The Morgan fingerprint density at radius 1 is 1.50 bits per heavy atom. The molecule has 0 bridgehead atoms. The van der Waals surface area contributed by atoms with E-state index in [1.807, 2.05) is 0 Å². The second-order valence-corrected chi connectivity index (χ2v) is 5.12. The third-order valence-electron chi connectivity index (χ3n) is 1.92. The SMILES string of the molecule is NCc1cnc(Nc2cc(Br)ccc2F)s1. The zero-order chi connectivity index (χ0) is 11.5. The van der Waals surface area contributed by atoms with Crippen LogP contribution in [-0.4, -0.2) is 4.98 Å². The van der Waals surface area contributed by atoms with Gasteiger partial charge in [-0.1, -0.05) is 15.9 Å². The number of hydrogen-bond acceptors (Lipinski definition) is 4.